The second kappa shape index (κ2) is 12.7. The van der Waals surface area contributed by atoms with Gasteiger partial charge in [0.2, 0.25) is 0 Å². The summed E-state index contributed by atoms with van der Waals surface area (Å²) < 4.78 is 0. The lowest BCUT2D eigenvalue weighted by atomic mass is 9.78. The Morgan fingerprint density at radius 1 is 0.545 bits per heavy atom. The van der Waals surface area contributed by atoms with Crippen LogP contribution in [0, 0.1) is 6.92 Å². The van der Waals surface area contributed by atoms with E-state index in [2.05, 4.69) is 146 Å². The maximum Gasteiger partial charge on any atom is 0.0876 e. The zero-order valence-corrected chi connectivity index (χ0v) is 25.1. The molecule has 1 aliphatic carbocycles. The van der Waals surface area contributed by atoms with E-state index in [0.717, 1.165) is 36.4 Å². The number of aliphatic imine (C=N–C) groups is 1. The monoisotopic (exact) mass is 568 g/mol. The predicted molar refractivity (Wildman–Crippen MR) is 182 cm³/mol. The standard InChI is InChI=1S/C42H36N2/c1-30-28-36(39(31-16-6-2-7-17-31)32-18-8-3-9-19-32)42(44-38-26-14-24-35-25-15-27-43-41(35)38)37(29-30)40(33-20-10-4-11-21-33)34-22-12-5-13-23-34/h2-13,15-23,25,27-29,39-40H,14,24,26H2,1H3. The number of benzene rings is 5. The number of fused-ring (bicyclic) bond motifs is 1. The molecular weight excluding hydrogens is 532 g/mol. The van der Waals surface area contributed by atoms with E-state index in [0.29, 0.717) is 0 Å². The highest BCUT2D eigenvalue weighted by atomic mass is 14.8. The van der Waals surface area contributed by atoms with Gasteiger partial charge in [-0.15, -0.1) is 0 Å². The summed E-state index contributed by atoms with van der Waals surface area (Å²) in [7, 11) is 0. The molecule has 2 nitrogen and oxygen atoms in total. The van der Waals surface area contributed by atoms with Crippen LogP contribution in [0.5, 0.6) is 0 Å². The van der Waals surface area contributed by atoms with E-state index in [1.165, 1.54) is 44.5 Å². The number of aryl methyl sites for hydroxylation is 2. The van der Waals surface area contributed by atoms with Crippen LogP contribution < -0.4 is 0 Å². The molecule has 0 radical (unpaired) electrons. The Morgan fingerprint density at radius 2 is 1.00 bits per heavy atom. The van der Waals surface area contributed by atoms with Crippen LogP contribution in [0.25, 0.3) is 0 Å². The predicted octanol–water partition coefficient (Wildman–Crippen LogP) is 10.2. The molecule has 0 spiro atoms. The summed E-state index contributed by atoms with van der Waals surface area (Å²) in [6, 6.07) is 52.5. The molecule has 7 rings (SSSR count). The van der Waals surface area contributed by atoms with E-state index in [4.69, 9.17) is 9.98 Å². The molecule has 0 fully saturated rings. The molecule has 0 aliphatic heterocycles. The quantitative estimate of drug-likeness (QED) is 0.176. The second-order valence-electron chi connectivity index (χ2n) is 11.7. The summed E-state index contributed by atoms with van der Waals surface area (Å²) >= 11 is 0. The van der Waals surface area contributed by atoms with Crippen molar-refractivity contribution in [1.29, 1.82) is 0 Å². The number of hydrogen-bond acceptors (Lipinski definition) is 2. The average Bonchev–Trinajstić information content (AvgIpc) is 3.08. The van der Waals surface area contributed by atoms with Gasteiger partial charge >= 0.3 is 0 Å². The Labute approximate surface area is 260 Å². The van der Waals surface area contributed by atoms with Crippen molar-refractivity contribution in [3.63, 3.8) is 0 Å². The first kappa shape index (κ1) is 27.7. The second-order valence-corrected chi connectivity index (χ2v) is 11.7. The Balaban J connectivity index is 1.56. The largest absolute Gasteiger partial charge is 0.255 e. The molecule has 0 bridgehead atoms. The van der Waals surface area contributed by atoms with E-state index in [-0.39, 0.29) is 11.8 Å². The summed E-state index contributed by atoms with van der Waals surface area (Å²) in [6.45, 7) is 2.22. The van der Waals surface area contributed by atoms with Crippen molar-refractivity contribution >= 4 is 11.4 Å². The fourth-order valence-corrected chi connectivity index (χ4v) is 6.80. The Morgan fingerprint density at radius 3 is 1.45 bits per heavy atom. The van der Waals surface area contributed by atoms with Gasteiger partial charge in [-0.2, -0.15) is 0 Å². The highest BCUT2D eigenvalue weighted by Gasteiger charge is 2.28. The highest BCUT2D eigenvalue weighted by molar-refractivity contribution is 6.03. The lowest BCUT2D eigenvalue weighted by Gasteiger charge is -2.28. The van der Waals surface area contributed by atoms with Crippen molar-refractivity contribution in [1.82, 2.24) is 4.98 Å². The van der Waals surface area contributed by atoms with Gasteiger partial charge in [0.05, 0.1) is 17.1 Å². The first-order valence-electron chi connectivity index (χ1n) is 15.6. The average molecular weight is 569 g/mol. The number of aromatic nitrogens is 1. The van der Waals surface area contributed by atoms with Crippen molar-refractivity contribution in [3.8, 4) is 0 Å². The summed E-state index contributed by atoms with van der Waals surface area (Å²) in [5, 5.41) is 0. The topological polar surface area (TPSA) is 25.2 Å². The lowest BCUT2D eigenvalue weighted by molar-refractivity contribution is 0.825. The number of hydrogen-bond donors (Lipinski definition) is 0. The van der Waals surface area contributed by atoms with Crippen LogP contribution in [-0.4, -0.2) is 10.7 Å². The van der Waals surface area contributed by atoms with Crippen LogP contribution in [0.4, 0.5) is 5.69 Å². The Bertz CT molecular complexity index is 1690. The molecule has 1 heterocycles. The van der Waals surface area contributed by atoms with Crippen molar-refractivity contribution < 1.29 is 0 Å². The van der Waals surface area contributed by atoms with Crippen LogP contribution in [0.2, 0.25) is 0 Å². The number of rotatable bonds is 7. The highest BCUT2D eigenvalue weighted by Crippen LogP contribution is 2.46. The molecule has 0 atom stereocenters. The van der Waals surface area contributed by atoms with E-state index >= 15 is 0 Å². The zero-order valence-electron chi connectivity index (χ0n) is 25.1. The van der Waals surface area contributed by atoms with Crippen molar-refractivity contribution in [2.45, 2.75) is 38.0 Å². The zero-order chi connectivity index (χ0) is 29.7. The minimum absolute atomic E-state index is 0.0226. The normalized spacial score (nSPS) is 13.8. The van der Waals surface area contributed by atoms with Gasteiger partial charge in [0.1, 0.15) is 0 Å². The Kier molecular flexibility index (Phi) is 7.97. The number of nitrogens with zero attached hydrogens (tertiary/aromatic N) is 2. The lowest BCUT2D eigenvalue weighted by Crippen LogP contribution is -2.15. The van der Waals surface area contributed by atoms with Crippen LogP contribution in [0.1, 0.15) is 74.9 Å². The molecule has 1 aliphatic rings. The van der Waals surface area contributed by atoms with Gasteiger partial charge in [-0.3, -0.25) is 9.98 Å². The summed E-state index contributed by atoms with van der Waals surface area (Å²) in [4.78, 5) is 10.6. The first-order valence-corrected chi connectivity index (χ1v) is 15.6. The van der Waals surface area contributed by atoms with Gasteiger partial charge in [-0.25, -0.2) is 0 Å². The molecular formula is C42H36N2. The van der Waals surface area contributed by atoms with Crippen LogP contribution >= 0.6 is 0 Å². The van der Waals surface area contributed by atoms with Gasteiger partial charge in [0, 0.05) is 18.0 Å². The maximum atomic E-state index is 5.70. The van der Waals surface area contributed by atoms with Crippen LogP contribution in [0.3, 0.4) is 0 Å². The van der Waals surface area contributed by atoms with Gasteiger partial charge in [0.25, 0.3) is 0 Å². The third kappa shape index (κ3) is 5.64. The molecule has 44 heavy (non-hydrogen) atoms. The SMILES string of the molecule is Cc1cc(C(c2ccccc2)c2ccccc2)c(N=C2CCCc3cccnc32)c(C(c2ccccc2)c2ccccc2)c1. The third-order valence-electron chi connectivity index (χ3n) is 8.74. The van der Waals surface area contributed by atoms with Crippen LogP contribution in [-0.2, 0) is 6.42 Å². The third-order valence-corrected chi connectivity index (χ3v) is 8.74. The summed E-state index contributed by atoms with van der Waals surface area (Å²) in [6.07, 6.45) is 4.95. The van der Waals surface area contributed by atoms with Gasteiger partial charge in [0.15, 0.2) is 0 Å². The van der Waals surface area contributed by atoms with Crippen molar-refractivity contribution in [3.05, 3.63) is 202 Å². The van der Waals surface area contributed by atoms with Crippen LogP contribution in [0.15, 0.2) is 157 Å². The molecule has 6 aromatic rings. The van der Waals surface area contributed by atoms with Crippen molar-refractivity contribution in [2.75, 3.05) is 0 Å². The minimum atomic E-state index is 0.0226. The van der Waals surface area contributed by atoms with Gasteiger partial charge < -0.3 is 0 Å². The van der Waals surface area contributed by atoms with E-state index in [1.807, 2.05) is 12.3 Å². The molecule has 0 saturated carbocycles. The summed E-state index contributed by atoms with van der Waals surface area (Å²) in [5.41, 5.74) is 13.2. The van der Waals surface area contributed by atoms with Gasteiger partial charge in [-0.05, 0) is 71.2 Å². The maximum absolute atomic E-state index is 5.70. The molecule has 0 unspecified atom stereocenters. The molecule has 0 N–H and O–H groups in total. The first-order chi connectivity index (χ1) is 21.8. The number of pyridine rings is 1. The molecule has 1 aromatic heterocycles. The smallest absolute Gasteiger partial charge is 0.0876 e. The summed E-state index contributed by atoms with van der Waals surface area (Å²) in [5.74, 6) is 0.0452. The van der Waals surface area contributed by atoms with E-state index < -0.39 is 0 Å². The van der Waals surface area contributed by atoms with Crippen molar-refractivity contribution in [2.24, 2.45) is 4.99 Å². The molecule has 2 heteroatoms. The minimum Gasteiger partial charge on any atom is -0.255 e. The molecule has 0 saturated heterocycles. The fraction of sp³-hybridized carbons (Fsp3) is 0.143. The van der Waals surface area contributed by atoms with E-state index in [1.54, 1.807) is 0 Å². The molecule has 5 aromatic carbocycles. The fourth-order valence-electron chi connectivity index (χ4n) is 6.80. The molecule has 0 amide bonds. The van der Waals surface area contributed by atoms with Gasteiger partial charge in [-0.1, -0.05) is 145 Å². The Hall–Kier alpha value is -5.08. The van der Waals surface area contributed by atoms with E-state index in [9.17, 15) is 0 Å². The molecule has 214 valence electrons.